The number of anilines is 1. The maximum absolute atomic E-state index is 5.98. The van der Waals surface area contributed by atoms with Crippen LogP contribution in [0.3, 0.4) is 0 Å². The van der Waals surface area contributed by atoms with Crippen molar-refractivity contribution in [1.29, 1.82) is 0 Å². The molecule has 0 aliphatic carbocycles. The molecule has 0 aliphatic rings. The van der Waals surface area contributed by atoms with E-state index in [4.69, 9.17) is 21.3 Å². The molecule has 19 heavy (non-hydrogen) atoms. The molecule has 0 fully saturated rings. The molecule has 0 spiro atoms. The van der Waals surface area contributed by atoms with E-state index < -0.39 is 0 Å². The molecule has 108 valence electrons. The fourth-order valence-electron chi connectivity index (χ4n) is 1.69. The molecule has 3 nitrogen and oxygen atoms in total. The van der Waals surface area contributed by atoms with Gasteiger partial charge >= 0.3 is 0 Å². The Morgan fingerprint density at radius 1 is 1.32 bits per heavy atom. The highest BCUT2D eigenvalue weighted by Gasteiger charge is 2.18. The maximum Gasteiger partial charge on any atom is 0.128 e. The van der Waals surface area contributed by atoms with Crippen molar-refractivity contribution in [1.82, 2.24) is 4.98 Å². The van der Waals surface area contributed by atoms with Crippen LogP contribution in [0.4, 0.5) is 5.82 Å². The van der Waals surface area contributed by atoms with Crippen LogP contribution in [0.2, 0.25) is 0 Å². The second-order valence-corrected chi connectivity index (χ2v) is 5.99. The smallest absolute Gasteiger partial charge is 0.128 e. The van der Waals surface area contributed by atoms with Gasteiger partial charge in [-0.3, -0.25) is 0 Å². The first-order chi connectivity index (χ1) is 8.88. The summed E-state index contributed by atoms with van der Waals surface area (Å²) in [7, 11) is 2.03. The first-order valence-corrected chi connectivity index (χ1v) is 7.28. The number of rotatable bonds is 6. The predicted octanol–water partition coefficient (Wildman–Crippen LogP) is 3.59. The molecule has 1 aromatic rings. The van der Waals surface area contributed by atoms with Crippen LogP contribution >= 0.6 is 11.6 Å². The van der Waals surface area contributed by atoms with Gasteiger partial charge in [0, 0.05) is 37.2 Å². The number of aromatic nitrogens is 1. The van der Waals surface area contributed by atoms with Gasteiger partial charge in [0.1, 0.15) is 5.82 Å². The summed E-state index contributed by atoms with van der Waals surface area (Å²) in [5.41, 5.74) is 2.21. The summed E-state index contributed by atoms with van der Waals surface area (Å²) in [5.74, 6) is 1.47. The predicted molar refractivity (Wildman–Crippen MR) is 82.3 cm³/mol. The Kier molecular flexibility index (Phi) is 6.08. The lowest BCUT2D eigenvalue weighted by Crippen LogP contribution is -2.25. The van der Waals surface area contributed by atoms with Gasteiger partial charge in [-0.25, -0.2) is 4.98 Å². The molecule has 0 radical (unpaired) electrons. The Labute approximate surface area is 121 Å². The summed E-state index contributed by atoms with van der Waals surface area (Å²) >= 11 is 5.98. The Morgan fingerprint density at radius 3 is 2.53 bits per heavy atom. The van der Waals surface area contributed by atoms with E-state index in [-0.39, 0.29) is 5.41 Å². The van der Waals surface area contributed by atoms with E-state index in [1.165, 1.54) is 0 Å². The average Bonchev–Trinajstić information content (AvgIpc) is 2.37. The highest BCUT2D eigenvalue weighted by atomic mass is 35.5. The largest absolute Gasteiger partial charge is 0.380 e. The van der Waals surface area contributed by atoms with Gasteiger partial charge in [-0.1, -0.05) is 20.8 Å². The average molecular weight is 285 g/mol. The Balaban J connectivity index is 2.93. The van der Waals surface area contributed by atoms with Gasteiger partial charge in [0.05, 0.1) is 6.61 Å². The summed E-state index contributed by atoms with van der Waals surface area (Å²) in [4.78, 5) is 6.86. The first kappa shape index (κ1) is 16.3. The monoisotopic (exact) mass is 284 g/mol. The van der Waals surface area contributed by atoms with Gasteiger partial charge in [0.2, 0.25) is 0 Å². The van der Waals surface area contributed by atoms with Crippen molar-refractivity contribution >= 4 is 17.4 Å². The quantitative estimate of drug-likeness (QED) is 0.590. The third kappa shape index (κ3) is 5.00. The molecular formula is C15H25ClN2O. The van der Waals surface area contributed by atoms with Crippen molar-refractivity contribution in [3.8, 4) is 0 Å². The molecule has 0 atom stereocenters. The minimum absolute atomic E-state index is 0.0254. The fourth-order valence-corrected chi connectivity index (χ4v) is 1.84. The third-order valence-electron chi connectivity index (χ3n) is 2.96. The standard InChI is InChI=1S/C15H25ClN2O/c1-6-19-8-7-18(5)14-10-12(11-16)9-13(17-14)15(2,3)4/h9-10H,6-8,11H2,1-5H3. The molecular weight excluding hydrogens is 260 g/mol. The zero-order valence-corrected chi connectivity index (χ0v) is 13.4. The van der Waals surface area contributed by atoms with Crippen LogP contribution in [0.25, 0.3) is 0 Å². The molecule has 0 bridgehead atoms. The fraction of sp³-hybridized carbons (Fsp3) is 0.667. The zero-order chi connectivity index (χ0) is 14.5. The number of ether oxygens (including phenoxy) is 1. The molecule has 1 rings (SSSR count). The van der Waals surface area contributed by atoms with E-state index in [0.717, 1.165) is 30.2 Å². The van der Waals surface area contributed by atoms with Gasteiger partial charge in [0.15, 0.2) is 0 Å². The highest BCUT2D eigenvalue weighted by molar-refractivity contribution is 6.17. The Bertz CT molecular complexity index is 402. The minimum Gasteiger partial charge on any atom is -0.380 e. The van der Waals surface area contributed by atoms with Gasteiger partial charge in [-0.2, -0.15) is 0 Å². The van der Waals surface area contributed by atoms with Crippen molar-refractivity contribution < 1.29 is 4.74 Å². The van der Waals surface area contributed by atoms with Crippen molar-refractivity contribution in [2.75, 3.05) is 31.7 Å². The van der Waals surface area contributed by atoms with Gasteiger partial charge in [0.25, 0.3) is 0 Å². The van der Waals surface area contributed by atoms with Crippen LogP contribution in [-0.2, 0) is 16.0 Å². The van der Waals surface area contributed by atoms with E-state index in [0.29, 0.717) is 12.5 Å². The topological polar surface area (TPSA) is 25.4 Å². The molecule has 0 aliphatic heterocycles. The SMILES string of the molecule is CCOCCN(C)c1cc(CCl)cc(C(C)(C)C)n1. The van der Waals surface area contributed by atoms with Crippen LogP contribution in [0, 0.1) is 0 Å². The lowest BCUT2D eigenvalue weighted by atomic mass is 9.91. The van der Waals surface area contributed by atoms with Crippen LogP contribution < -0.4 is 4.90 Å². The molecule has 0 saturated carbocycles. The highest BCUT2D eigenvalue weighted by Crippen LogP contribution is 2.25. The number of hydrogen-bond donors (Lipinski definition) is 0. The van der Waals surface area contributed by atoms with Crippen LogP contribution in [0.5, 0.6) is 0 Å². The second-order valence-electron chi connectivity index (χ2n) is 5.72. The summed E-state index contributed by atoms with van der Waals surface area (Å²) < 4.78 is 5.38. The number of alkyl halides is 1. The van der Waals surface area contributed by atoms with E-state index in [2.05, 4.69) is 31.7 Å². The van der Waals surface area contributed by atoms with Gasteiger partial charge < -0.3 is 9.64 Å². The molecule has 0 amide bonds. The van der Waals surface area contributed by atoms with Crippen LogP contribution in [0.1, 0.15) is 39.0 Å². The van der Waals surface area contributed by atoms with Crippen molar-refractivity contribution in [2.24, 2.45) is 0 Å². The number of hydrogen-bond acceptors (Lipinski definition) is 3. The summed E-state index contributed by atoms with van der Waals surface area (Å²) in [5, 5.41) is 0. The van der Waals surface area contributed by atoms with Crippen molar-refractivity contribution in [3.63, 3.8) is 0 Å². The molecule has 0 unspecified atom stereocenters. The van der Waals surface area contributed by atoms with E-state index in [1.807, 2.05) is 20.0 Å². The zero-order valence-electron chi connectivity index (χ0n) is 12.7. The molecule has 0 saturated heterocycles. The van der Waals surface area contributed by atoms with E-state index >= 15 is 0 Å². The van der Waals surface area contributed by atoms with Crippen LogP contribution in [0.15, 0.2) is 12.1 Å². The first-order valence-electron chi connectivity index (χ1n) is 6.74. The summed E-state index contributed by atoms with van der Waals surface area (Å²) in [6.07, 6.45) is 0. The molecule has 4 heteroatoms. The number of halogens is 1. The Hall–Kier alpha value is -0.800. The van der Waals surface area contributed by atoms with Gasteiger partial charge in [-0.05, 0) is 24.6 Å². The second kappa shape index (κ2) is 7.11. The minimum atomic E-state index is 0.0254. The Morgan fingerprint density at radius 2 is 2.00 bits per heavy atom. The summed E-state index contributed by atoms with van der Waals surface area (Å²) in [6, 6.07) is 4.14. The number of pyridine rings is 1. The molecule has 0 N–H and O–H groups in total. The van der Waals surface area contributed by atoms with E-state index in [9.17, 15) is 0 Å². The molecule has 1 aromatic heterocycles. The third-order valence-corrected chi connectivity index (χ3v) is 3.27. The lowest BCUT2D eigenvalue weighted by molar-refractivity contribution is 0.154. The lowest BCUT2D eigenvalue weighted by Gasteiger charge is -2.24. The maximum atomic E-state index is 5.98. The molecule has 0 aromatic carbocycles. The number of nitrogens with zero attached hydrogens (tertiary/aromatic N) is 2. The van der Waals surface area contributed by atoms with Crippen molar-refractivity contribution in [2.45, 2.75) is 39.0 Å². The molecule has 1 heterocycles. The summed E-state index contributed by atoms with van der Waals surface area (Å²) in [6.45, 7) is 10.8. The number of likely N-dealkylation sites (N-methyl/N-ethyl adjacent to an activating group) is 1. The normalized spacial score (nSPS) is 11.7. The van der Waals surface area contributed by atoms with Gasteiger partial charge in [-0.15, -0.1) is 11.6 Å². The van der Waals surface area contributed by atoms with E-state index in [1.54, 1.807) is 0 Å². The van der Waals surface area contributed by atoms with Crippen LogP contribution in [-0.4, -0.2) is 31.8 Å². The van der Waals surface area contributed by atoms with Crippen molar-refractivity contribution in [3.05, 3.63) is 23.4 Å².